The van der Waals surface area contributed by atoms with Gasteiger partial charge in [-0.05, 0) is 36.8 Å². The van der Waals surface area contributed by atoms with E-state index in [0.29, 0.717) is 22.2 Å². The van der Waals surface area contributed by atoms with E-state index in [-0.39, 0.29) is 5.69 Å². The summed E-state index contributed by atoms with van der Waals surface area (Å²) in [5.74, 6) is -0.563. The Morgan fingerprint density at radius 1 is 1.33 bits per heavy atom. The summed E-state index contributed by atoms with van der Waals surface area (Å²) in [5.41, 5.74) is 2.10. The van der Waals surface area contributed by atoms with Crippen molar-refractivity contribution < 1.29 is 14.3 Å². The van der Waals surface area contributed by atoms with E-state index in [1.165, 1.54) is 17.0 Å². The van der Waals surface area contributed by atoms with E-state index >= 15 is 0 Å². The number of carboxylic acid groups (broad SMARTS) is 1. The van der Waals surface area contributed by atoms with Crippen molar-refractivity contribution in [1.29, 1.82) is 0 Å². The Morgan fingerprint density at radius 3 is 2.76 bits per heavy atom. The molecule has 21 heavy (non-hydrogen) atoms. The Morgan fingerprint density at radius 2 is 2.14 bits per heavy atom. The first-order chi connectivity index (χ1) is 10.1. The van der Waals surface area contributed by atoms with E-state index in [1.807, 2.05) is 19.1 Å². The molecule has 2 aromatic heterocycles. The molecule has 0 spiro atoms. The van der Waals surface area contributed by atoms with Crippen molar-refractivity contribution in [2.45, 2.75) is 6.92 Å². The van der Waals surface area contributed by atoms with Crippen LogP contribution in [0.2, 0.25) is 5.02 Å². The summed E-state index contributed by atoms with van der Waals surface area (Å²) >= 11 is 6.13. The molecule has 2 heterocycles. The van der Waals surface area contributed by atoms with Crippen LogP contribution in [0, 0.1) is 6.92 Å². The molecule has 0 saturated heterocycles. The summed E-state index contributed by atoms with van der Waals surface area (Å²) in [6.07, 6.45) is 1.52. The second-order valence-corrected chi connectivity index (χ2v) is 4.95. The lowest BCUT2D eigenvalue weighted by atomic mass is 10.2. The molecule has 0 amide bonds. The fourth-order valence-electron chi connectivity index (χ4n) is 2.00. The van der Waals surface area contributed by atoms with E-state index < -0.39 is 5.97 Å². The molecule has 3 aromatic rings. The maximum Gasteiger partial charge on any atom is 0.356 e. The summed E-state index contributed by atoms with van der Waals surface area (Å²) in [4.78, 5) is 11.2. The predicted molar refractivity (Wildman–Crippen MR) is 78.0 cm³/mol. The summed E-state index contributed by atoms with van der Waals surface area (Å²) < 4.78 is 6.85. The Hall–Kier alpha value is -2.53. The molecular weight excluding hydrogens is 292 g/mol. The van der Waals surface area contributed by atoms with E-state index in [2.05, 4.69) is 5.10 Å². The van der Waals surface area contributed by atoms with Gasteiger partial charge in [0.05, 0.1) is 12.0 Å². The van der Waals surface area contributed by atoms with E-state index in [1.54, 1.807) is 18.2 Å². The molecule has 1 N–H and O–H groups in total. The Kier molecular flexibility index (Phi) is 3.27. The van der Waals surface area contributed by atoms with Crippen LogP contribution >= 0.6 is 11.6 Å². The predicted octanol–water partition coefficient (Wildman–Crippen LogP) is 3.79. The maximum absolute atomic E-state index is 11.2. The van der Waals surface area contributed by atoms with Gasteiger partial charge in [-0.25, -0.2) is 9.48 Å². The molecule has 0 radical (unpaired) electrons. The van der Waals surface area contributed by atoms with Crippen molar-refractivity contribution in [1.82, 2.24) is 9.78 Å². The van der Waals surface area contributed by atoms with Gasteiger partial charge in [0.25, 0.3) is 0 Å². The lowest BCUT2D eigenvalue weighted by Crippen LogP contribution is -2.02. The second-order valence-electron chi connectivity index (χ2n) is 4.54. The number of hydrogen-bond acceptors (Lipinski definition) is 3. The van der Waals surface area contributed by atoms with Crippen LogP contribution in [0.3, 0.4) is 0 Å². The van der Waals surface area contributed by atoms with Gasteiger partial charge in [0.15, 0.2) is 11.5 Å². The van der Waals surface area contributed by atoms with Crippen LogP contribution in [-0.4, -0.2) is 20.9 Å². The van der Waals surface area contributed by atoms with Gasteiger partial charge in [0, 0.05) is 11.1 Å². The highest BCUT2D eigenvalue weighted by Crippen LogP contribution is 2.26. The zero-order valence-electron chi connectivity index (χ0n) is 11.1. The number of carbonyl (C=O) groups is 1. The molecular formula is C15H11ClN2O3. The smallest absolute Gasteiger partial charge is 0.356 e. The highest BCUT2D eigenvalue weighted by atomic mass is 35.5. The number of benzene rings is 1. The molecule has 106 valence electrons. The van der Waals surface area contributed by atoms with Crippen LogP contribution in [0.5, 0.6) is 0 Å². The van der Waals surface area contributed by atoms with Gasteiger partial charge < -0.3 is 9.52 Å². The largest absolute Gasteiger partial charge is 0.476 e. The number of aromatic nitrogens is 2. The van der Waals surface area contributed by atoms with Crippen molar-refractivity contribution in [3.8, 4) is 17.1 Å². The summed E-state index contributed by atoms with van der Waals surface area (Å²) in [6, 6.07) is 10.4. The highest BCUT2D eigenvalue weighted by Gasteiger charge is 2.17. The van der Waals surface area contributed by atoms with Crippen molar-refractivity contribution in [2.75, 3.05) is 0 Å². The fourth-order valence-corrected chi connectivity index (χ4v) is 2.17. The van der Waals surface area contributed by atoms with Gasteiger partial charge in [-0.15, -0.1) is 0 Å². The van der Waals surface area contributed by atoms with Gasteiger partial charge in [-0.2, -0.15) is 5.10 Å². The second kappa shape index (κ2) is 5.10. The van der Waals surface area contributed by atoms with Gasteiger partial charge in [0.2, 0.25) is 0 Å². The molecule has 5 nitrogen and oxygen atoms in total. The number of halogens is 1. The number of carboxylic acids is 1. The number of aryl methyl sites for hydroxylation is 1. The maximum atomic E-state index is 11.2. The zero-order valence-corrected chi connectivity index (χ0v) is 11.8. The van der Waals surface area contributed by atoms with E-state index in [0.717, 1.165) is 5.56 Å². The molecule has 0 atom stereocenters. The molecule has 3 rings (SSSR count). The van der Waals surface area contributed by atoms with Crippen molar-refractivity contribution in [2.24, 2.45) is 0 Å². The third-order valence-corrected chi connectivity index (χ3v) is 3.51. The fraction of sp³-hybridized carbons (Fsp3) is 0.0667. The zero-order chi connectivity index (χ0) is 15.0. The molecule has 0 bridgehead atoms. The van der Waals surface area contributed by atoms with Crippen LogP contribution in [0.4, 0.5) is 0 Å². The molecule has 6 heteroatoms. The van der Waals surface area contributed by atoms with Gasteiger partial charge in [-0.3, -0.25) is 0 Å². The minimum absolute atomic E-state index is 0.0573. The summed E-state index contributed by atoms with van der Waals surface area (Å²) in [5, 5.41) is 13.8. The third kappa shape index (κ3) is 2.43. The Labute approximate surface area is 125 Å². The highest BCUT2D eigenvalue weighted by molar-refractivity contribution is 6.31. The summed E-state index contributed by atoms with van der Waals surface area (Å²) in [7, 11) is 0. The molecule has 1 aromatic carbocycles. The van der Waals surface area contributed by atoms with Crippen LogP contribution < -0.4 is 0 Å². The van der Waals surface area contributed by atoms with Gasteiger partial charge >= 0.3 is 5.97 Å². The first kappa shape index (κ1) is 13.5. The molecule has 0 aliphatic carbocycles. The monoisotopic (exact) mass is 302 g/mol. The van der Waals surface area contributed by atoms with Crippen LogP contribution in [0.15, 0.2) is 47.1 Å². The Balaban J connectivity index is 2.20. The number of furan rings is 1. The molecule has 0 saturated carbocycles. The van der Waals surface area contributed by atoms with E-state index in [4.69, 9.17) is 21.1 Å². The Bertz CT molecular complexity index is 806. The number of rotatable bonds is 3. The van der Waals surface area contributed by atoms with Gasteiger partial charge in [0.1, 0.15) is 5.69 Å². The van der Waals surface area contributed by atoms with E-state index in [9.17, 15) is 4.79 Å². The van der Waals surface area contributed by atoms with Crippen LogP contribution in [-0.2, 0) is 0 Å². The molecule has 0 aliphatic rings. The molecule has 0 fully saturated rings. The number of hydrogen-bond donors (Lipinski definition) is 1. The third-order valence-electron chi connectivity index (χ3n) is 3.10. The average Bonchev–Trinajstić information content (AvgIpc) is 3.09. The lowest BCUT2D eigenvalue weighted by Gasteiger charge is -2.07. The molecule has 0 aliphatic heterocycles. The quantitative estimate of drug-likeness (QED) is 0.799. The topological polar surface area (TPSA) is 68.3 Å². The standard InChI is InChI=1S/C15H11ClN2O3/c1-9-4-5-10(7-11(9)16)18-13(14-3-2-6-21-14)8-12(17-18)15(19)20/h2-8H,1H3,(H,19,20). The van der Waals surface area contributed by atoms with Crippen molar-refractivity contribution >= 4 is 17.6 Å². The van der Waals surface area contributed by atoms with Gasteiger partial charge in [-0.1, -0.05) is 17.7 Å². The number of aromatic carboxylic acids is 1. The first-order valence-corrected chi connectivity index (χ1v) is 6.58. The minimum Gasteiger partial charge on any atom is -0.476 e. The van der Waals surface area contributed by atoms with Crippen LogP contribution in [0.1, 0.15) is 16.1 Å². The lowest BCUT2D eigenvalue weighted by molar-refractivity contribution is 0.0690. The minimum atomic E-state index is -1.10. The average molecular weight is 303 g/mol. The van der Waals surface area contributed by atoms with Crippen LogP contribution in [0.25, 0.3) is 17.1 Å². The number of nitrogens with zero attached hydrogens (tertiary/aromatic N) is 2. The molecule has 0 unspecified atom stereocenters. The van der Waals surface area contributed by atoms with Crippen molar-refractivity contribution in [3.05, 3.63) is 58.9 Å². The SMILES string of the molecule is Cc1ccc(-n2nc(C(=O)O)cc2-c2ccco2)cc1Cl. The summed E-state index contributed by atoms with van der Waals surface area (Å²) in [6.45, 7) is 1.89. The first-order valence-electron chi connectivity index (χ1n) is 6.20. The normalized spacial score (nSPS) is 10.8. The van der Waals surface area contributed by atoms with Crippen molar-refractivity contribution in [3.63, 3.8) is 0 Å².